The van der Waals surface area contributed by atoms with E-state index in [1.54, 1.807) is 12.1 Å². The first kappa shape index (κ1) is 17.4. The molecular formula is C20H17ClN2OS. The molecule has 0 radical (unpaired) electrons. The minimum atomic E-state index is -0.226. The van der Waals surface area contributed by atoms with Crippen LogP contribution in [0.4, 0.5) is 5.13 Å². The van der Waals surface area contributed by atoms with E-state index in [1.165, 1.54) is 17.4 Å². The van der Waals surface area contributed by atoms with Crippen molar-refractivity contribution in [1.29, 1.82) is 0 Å². The van der Waals surface area contributed by atoms with Crippen molar-refractivity contribution >= 4 is 40.1 Å². The molecule has 0 aliphatic rings. The Hall–Kier alpha value is -2.43. The fourth-order valence-electron chi connectivity index (χ4n) is 2.39. The SMILES string of the molecule is CCc1sc(NC(=O)C=Cc2ccccc2Cl)nc1-c1ccccc1. The van der Waals surface area contributed by atoms with Crippen molar-refractivity contribution in [3.8, 4) is 11.3 Å². The highest BCUT2D eigenvalue weighted by atomic mass is 35.5. The van der Waals surface area contributed by atoms with E-state index in [0.717, 1.165) is 28.1 Å². The second-order valence-electron chi connectivity index (χ2n) is 5.35. The van der Waals surface area contributed by atoms with E-state index in [9.17, 15) is 4.79 Å². The van der Waals surface area contributed by atoms with Crippen molar-refractivity contribution in [2.75, 3.05) is 5.32 Å². The van der Waals surface area contributed by atoms with E-state index < -0.39 is 0 Å². The van der Waals surface area contributed by atoms with Crippen LogP contribution in [0.2, 0.25) is 5.02 Å². The van der Waals surface area contributed by atoms with Gasteiger partial charge in [0.05, 0.1) is 5.69 Å². The molecule has 2 aromatic carbocycles. The summed E-state index contributed by atoms with van der Waals surface area (Å²) in [6, 6.07) is 17.4. The molecule has 25 heavy (non-hydrogen) atoms. The lowest BCUT2D eigenvalue weighted by Gasteiger charge is -1.99. The first-order valence-electron chi connectivity index (χ1n) is 7.96. The van der Waals surface area contributed by atoms with Gasteiger partial charge in [0.2, 0.25) is 5.91 Å². The molecule has 3 rings (SSSR count). The average Bonchev–Trinajstić information content (AvgIpc) is 3.04. The molecule has 0 saturated heterocycles. The largest absolute Gasteiger partial charge is 0.298 e. The number of hydrogen-bond acceptors (Lipinski definition) is 3. The summed E-state index contributed by atoms with van der Waals surface area (Å²) in [6.07, 6.45) is 4.04. The molecule has 0 aliphatic carbocycles. The van der Waals surface area contributed by atoms with Crippen LogP contribution in [0.3, 0.4) is 0 Å². The molecule has 3 aromatic rings. The van der Waals surface area contributed by atoms with E-state index >= 15 is 0 Å². The third-order valence-corrected chi connectivity index (χ3v) is 5.07. The van der Waals surface area contributed by atoms with Crippen molar-refractivity contribution in [1.82, 2.24) is 4.98 Å². The molecule has 0 bridgehead atoms. The summed E-state index contributed by atoms with van der Waals surface area (Å²) in [4.78, 5) is 17.9. The Morgan fingerprint density at radius 3 is 2.60 bits per heavy atom. The number of nitrogens with zero attached hydrogens (tertiary/aromatic N) is 1. The fourth-order valence-corrected chi connectivity index (χ4v) is 3.51. The molecule has 126 valence electrons. The predicted octanol–water partition coefficient (Wildman–Crippen LogP) is 5.68. The van der Waals surface area contributed by atoms with Crippen LogP contribution in [0.5, 0.6) is 0 Å². The lowest BCUT2D eigenvalue weighted by molar-refractivity contribution is -0.111. The van der Waals surface area contributed by atoms with E-state index in [2.05, 4.69) is 17.2 Å². The molecule has 0 fully saturated rings. The summed E-state index contributed by atoms with van der Waals surface area (Å²) in [7, 11) is 0. The number of benzene rings is 2. The third kappa shape index (κ3) is 4.35. The molecule has 0 atom stereocenters. The van der Waals surface area contributed by atoms with Gasteiger partial charge in [0, 0.05) is 21.5 Å². The van der Waals surface area contributed by atoms with Crippen LogP contribution in [0.25, 0.3) is 17.3 Å². The maximum absolute atomic E-state index is 12.2. The van der Waals surface area contributed by atoms with E-state index in [0.29, 0.717) is 10.2 Å². The van der Waals surface area contributed by atoms with Gasteiger partial charge in [-0.15, -0.1) is 11.3 Å². The Morgan fingerprint density at radius 2 is 1.88 bits per heavy atom. The van der Waals surface area contributed by atoms with Crippen molar-refractivity contribution < 1.29 is 4.79 Å². The maximum Gasteiger partial charge on any atom is 0.250 e. The van der Waals surface area contributed by atoms with Gasteiger partial charge in [-0.25, -0.2) is 4.98 Å². The fraction of sp³-hybridized carbons (Fsp3) is 0.100. The number of thiazole rings is 1. The number of halogens is 1. The number of aromatic nitrogens is 1. The number of rotatable bonds is 5. The van der Waals surface area contributed by atoms with Crippen LogP contribution in [-0.2, 0) is 11.2 Å². The Balaban J connectivity index is 1.76. The molecule has 1 amide bonds. The highest BCUT2D eigenvalue weighted by Crippen LogP contribution is 2.31. The van der Waals surface area contributed by atoms with Gasteiger partial charge >= 0.3 is 0 Å². The topological polar surface area (TPSA) is 42.0 Å². The first-order valence-corrected chi connectivity index (χ1v) is 9.15. The Kier molecular flexibility index (Phi) is 5.64. The van der Waals surface area contributed by atoms with Crippen LogP contribution in [-0.4, -0.2) is 10.9 Å². The van der Waals surface area contributed by atoms with Gasteiger partial charge in [-0.2, -0.15) is 0 Å². The third-order valence-electron chi connectivity index (χ3n) is 3.62. The molecule has 0 unspecified atom stereocenters. The number of aryl methyl sites for hydroxylation is 1. The molecule has 3 nitrogen and oxygen atoms in total. The molecule has 0 aliphatic heterocycles. The zero-order valence-electron chi connectivity index (χ0n) is 13.7. The number of anilines is 1. The minimum Gasteiger partial charge on any atom is -0.298 e. The lowest BCUT2D eigenvalue weighted by Crippen LogP contribution is -2.07. The number of nitrogens with one attached hydrogen (secondary N) is 1. The molecule has 0 spiro atoms. The van der Waals surface area contributed by atoms with Crippen molar-refractivity contribution in [2.24, 2.45) is 0 Å². The summed E-state index contributed by atoms with van der Waals surface area (Å²) in [5, 5.41) is 4.05. The number of amides is 1. The van der Waals surface area contributed by atoms with Gasteiger partial charge in [-0.3, -0.25) is 10.1 Å². The summed E-state index contributed by atoms with van der Waals surface area (Å²) in [5.74, 6) is -0.226. The van der Waals surface area contributed by atoms with Gasteiger partial charge in [0.25, 0.3) is 0 Å². The first-order chi connectivity index (χ1) is 12.2. The lowest BCUT2D eigenvalue weighted by atomic mass is 10.1. The summed E-state index contributed by atoms with van der Waals surface area (Å²) >= 11 is 7.59. The smallest absolute Gasteiger partial charge is 0.250 e. The highest BCUT2D eigenvalue weighted by molar-refractivity contribution is 7.16. The highest BCUT2D eigenvalue weighted by Gasteiger charge is 2.12. The average molecular weight is 369 g/mol. The van der Waals surface area contributed by atoms with Crippen molar-refractivity contribution in [3.63, 3.8) is 0 Å². The van der Waals surface area contributed by atoms with Crippen LogP contribution in [0.1, 0.15) is 17.4 Å². The molecule has 5 heteroatoms. The standard InChI is InChI=1S/C20H17ClN2OS/c1-2-17-19(15-9-4-3-5-10-15)23-20(25-17)22-18(24)13-12-14-8-6-7-11-16(14)21/h3-13H,2H2,1H3,(H,22,23,24). The second kappa shape index (κ2) is 8.10. The second-order valence-corrected chi connectivity index (χ2v) is 6.85. The molecule has 1 aromatic heterocycles. The number of carbonyl (C=O) groups is 1. The molecule has 1 N–H and O–H groups in total. The Labute approximate surface area is 156 Å². The molecule has 0 saturated carbocycles. The van der Waals surface area contributed by atoms with Crippen LogP contribution >= 0.6 is 22.9 Å². The van der Waals surface area contributed by atoms with E-state index in [-0.39, 0.29) is 5.91 Å². The minimum absolute atomic E-state index is 0.226. The quantitative estimate of drug-likeness (QED) is 0.589. The van der Waals surface area contributed by atoms with Gasteiger partial charge in [0.1, 0.15) is 0 Å². The van der Waals surface area contributed by atoms with E-state index in [1.807, 2.05) is 48.5 Å². The number of carbonyl (C=O) groups excluding carboxylic acids is 1. The van der Waals surface area contributed by atoms with Gasteiger partial charge < -0.3 is 0 Å². The Morgan fingerprint density at radius 1 is 1.16 bits per heavy atom. The van der Waals surface area contributed by atoms with Gasteiger partial charge in [0.15, 0.2) is 5.13 Å². The zero-order valence-corrected chi connectivity index (χ0v) is 15.3. The van der Waals surface area contributed by atoms with Crippen molar-refractivity contribution in [3.05, 3.63) is 76.1 Å². The van der Waals surface area contributed by atoms with Crippen LogP contribution in [0.15, 0.2) is 60.7 Å². The molecule has 1 heterocycles. The Bertz CT molecular complexity index is 903. The normalized spacial score (nSPS) is 11.0. The maximum atomic E-state index is 12.2. The number of hydrogen-bond donors (Lipinski definition) is 1. The summed E-state index contributed by atoms with van der Waals surface area (Å²) in [5.41, 5.74) is 2.79. The monoisotopic (exact) mass is 368 g/mol. The zero-order chi connectivity index (χ0) is 17.6. The molecular weight excluding hydrogens is 352 g/mol. The summed E-state index contributed by atoms with van der Waals surface area (Å²) in [6.45, 7) is 2.09. The summed E-state index contributed by atoms with van der Waals surface area (Å²) < 4.78 is 0. The van der Waals surface area contributed by atoms with Gasteiger partial charge in [-0.1, -0.05) is 67.1 Å². The van der Waals surface area contributed by atoms with Crippen LogP contribution < -0.4 is 5.32 Å². The van der Waals surface area contributed by atoms with E-state index in [4.69, 9.17) is 11.6 Å². The van der Waals surface area contributed by atoms with Crippen LogP contribution in [0, 0.1) is 0 Å². The van der Waals surface area contributed by atoms with Gasteiger partial charge in [-0.05, 0) is 24.1 Å². The van der Waals surface area contributed by atoms with Crippen molar-refractivity contribution in [2.45, 2.75) is 13.3 Å². The predicted molar refractivity (Wildman–Crippen MR) is 106 cm³/mol.